The van der Waals surface area contributed by atoms with Crippen LogP contribution in [0, 0.1) is 11.3 Å². The minimum atomic E-state index is -0.834. The van der Waals surface area contributed by atoms with E-state index in [-0.39, 0.29) is 5.41 Å². The van der Waals surface area contributed by atoms with Gasteiger partial charge in [-0.2, -0.15) is 0 Å². The lowest BCUT2D eigenvalue weighted by atomic mass is 9.57. The number of nitrogens with two attached hydrogens (primary N) is 1. The van der Waals surface area contributed by atoms with E-state index in [1.165, 1.54) is 19.3 Å². The molecule has 1 aromatic rings. The highest BCUT2D eigenvalue weighted by Crippen LogP contribution is 2.53. The van der Waals surface area contributed by atoms with Crippen LogP contribution in [-0.4, -0.2) is 11.7 Å². The Balaban J connectivity index is 2.45. The van der Waals surface area contributed by atoms with Gasteiger partial charge in [-0.25, -0.2) is 0 Å². The van der Waals surface area contributed by atoms with Gasteiger partial charge in [0.2, 0.25) is 0 Å². The predicted molar refractivity (Wildman–Crippen MR) is 92.1 cm³/mol. The van der Waals surface area contributed by atoms with E-state index >= 15 is 0 Å². The van der Waals surface area contributed by atoms with Crippen LogP contribution in [0.15, 0.2) is 28.7 Å². The molecule has 1 saturated carbocycles. The van der Waals surface area contributed by atoms with Crippen molar-refractivity contribution in [3.63, 3.8) is 0 Å². The van der Waals surface area contributed by atoms with Gasteiger partial charge in [-0.15, -0.1) is 0 Å². The lowest BCUT2D eigenvalue weighted by molar-refractivity contribution is -0.118. The summed E-state index contributed by atoms with van der Waals surface area (Å²) >= 11 is 3.53. The summed E-state index contributed by atoms with van der Waals surface area (Å²) in [5.41, 5.74) is 6.20. The average molecular weight is 354 g/mol. The first kappa shape index (κ1) is 17.0. The zero-order valence-corrected chi connectivity index (χ0v) is 14.8. The molecule has 1 aliphatic carbocycles. The smallest absolute Gasteiger partial charge is 0.0962 e. The van der Waals surface area contributed by atoms with E-state index in [0.717, 1.165) is 22.9 Å². The van der Waals surface area contributed by atoms with Crippen molar-refractivity contribution in [1.29, 1.82) is 0 Å². The van der Waals surface area contributed by atoms with E-state index in [4.69, 9.17) is 5.73 Å². The quantitative estimate of drug-likeness (QED) is 0.812. The highest BCUT2D eigenvalue weighted by molar-refractivity contribution is 9.10. The van der Waals surface area contributed by atoms with Crippen LogP contribution in [-0.2, 0) is 5.60 Å². The fourth-order valence-electron chi connectivity index (χ4n) is 4.20. The Morgan fingerprint density at radius 2 is 2.19 bits per heavy atom. The molecule has 21 heavy (non-hydrogen) atoms. The van der Waals surface area contributed by atoms with E-state index in [0.29, 0.717) is 18.9 Å². The number of hydrogen-bond donors (Lipinski definition) is 2. The van der Waals surface area contributed by atoms with E-state index < -0.39 is 5.60 Å². The van der Waals surface area contributed by atoms with Gasteiger partial charge in [-0.1, -0.05) is 61.2 Å². The normalized spacial score (nSPS) is 29.1. The topological polar surface area (TPSA) is 46.2 Å². The maximum atomic E-state index is 11.6. The van der Waals surface area contributed by atoms with Crippen molar-refractivity contribution >= 4 is 15.9 Å². The van der Waals surface area contributed by atoms with Crippen LogP contribution in [0.2, 0.25) is 0 Å². The van der Waals surface area contributed by atoms with Crippen molar-refractivity contribution in [2.24, 2.45) is 17.1 Å². The summed E-state index contributed by atoms with van der Waals surface area (Å²) in [4.78, 5) is 0. The molecule has 1 aromatic carbocycles. The fraction of sp³-hybridized carbons (Fsp3) is 0.667. The molecule has 3 heteroatoms. The number of halogens is 1. The van der Waals surface area contributed by atoms with Crippen LogP contribution in [0.4, 0.5) is 0 Å². The fourth-order valence-corrected chi connectivity index (χ4v) is 4.59. The van der Waals surface area contributed by atoms with Crippen LogP contribution < -0.4 is 5.73 Å². The zero-order valence-electron chi connectivity index (χ0n) is 13.2. The Bertz CT molecular complexity index is 478. The maximum absolute atomic E-state index is 11.6. The van der Waals surface area contributed by atoms with Crippen molar-refractivity contribution in [3.05, 3.63) is 34.3 Å². The van der Waals surface area contributed by atoms with Crippen molar-refractivity contribution in [1.82, 2.24) is 0 Å². The van der Waals surface area contributed by atoms with Crippen LogP contribution in [0.3, 0.4) is 0 Å². The molecule has 3 atom stereocenters. The lowest BCUT2D eigenvalue weighted by Crippen LogP contribution is -2.52. The van der Waals surface area contributed by atoms with E-state index in [1.54, 1.807) is 0 Å². The Labute approximate surface area is 137 Å². The third-order valence-electron chi connectivity index (χ3n) is 5.61. The first-order chi connectivity index (χ1) is 10.0. The number of hydrogen-bond acceptors (Lipinski definition) is 2. The number of aliphatic hydroxyl groups is 1. The number of benzene rings is 1. The second-order valence-corrected chi connectivity index (χ2v) is 7.49. The molecule has 3 unspecified atom stereocenters. The van der Waals surface area contributed by atoms with Crippen LogP contribution in [0.25, 0.3) is 0 Å². The summed E-state index contributed by atoms with van der Waals surface area (Å²) in [7, 11) is 0. The predicted octanol–water partition coefficient (Wildman–Crippen LogP) is 4.59. The Morgan fingerprint density at radius 3 is 2.76 bits per heavy atom. The van der Waals surface area contributed by atoms with Gasteiger partial charge < -0.3 is 10.8 Å². The van der Waals surface area contributed by atoms with Crippen molar-refractivity contribution < 1.29 is 5.11 Å². The summed E-state index contributed by atoms with van der Waals surface area (Å²) in [5.74, 6) is 0.688. The molecule has 118 valence electrons. The summed E-state index contributed by atoms with van der Waals surface area (Å²) < 4.78 is 1.02. The summed E-state index contributed by atoms with van der Waals surface area (Å²) in [6, 6.07) is 8.10. The molecule has 3 N–H and O–H groups in total. The first-order valence-electron chi connectivity index (χ1n) is 8.20. The van der Waals surface area contributed by atoms with Gasteiger partial charge in [0.15, 0.2) is 0 Å². The molecule has 1 aliphatic rings. The Kier molecular flexibility index (Phi) is 5.50. The van der Waals surface area contributed by atoms with Gasteiger partial charge in [0.1, 0.15) is 0 Å². The molecule has 0 aromatic heterocycles. The Hall–Kier alpha value is -0.380. The van der Waals surface area contributed by atoms with E-state index in [2.05, 4.69) is 35.8 Å². The largest absolute Gasteiger partial charge is 0.385 e. The highest BCUT2D eigenvalue weighted by Gasteiger charge is 2.51. The summed E-state index contributed by atoms with van der Waals surface area (Å²) in [6.45, 7) is 4.88. The second kappa shape index (κ2) is 6.80. The van der Waals surface area contributed by atoms with Crippen LogP contribution in [0.1, 0.15) is 57.9 Å². The van der Waals surface area contributed by atoms with Gasteiger partial charge in [0.05, 0.1) is 5.60 Å². The molecule has 0 aliphatic heterocycles. The molecule has 0 spiro atoms. The van der Waals surface area contributed by atoms with Crippen molar-refractivity contribution in [3.8, 4) is 0 Å². The molecule has 0 amide bonds. The molecular weight excluding hydrogens is 326 g/mol. The molecule has 1 fully saturated rings. The molecule has 0 bridgehead atoms. The minimum Gasteiger partial charge on any atom is -0.385 e. The molecule has 2 rings (SSSR count). The minimum absolute atomic E-state index is 0.193. The molecule has 0 radical (unpaired) electrons. The molecule has 0 heterocycles. The summed E-state index contributed by atoms with van der Waals surface area (Å²) in [6.07, 6.45) is 6.40. The highest BCUT2D eigenvalue weighted by atomic mass is 79.9. The Morgan fingerprint density at radius 1 is 1.43 bits per heavy atom. The third-order valence-corrected chi connectivity index (χ3v) is 6.10. The third kappa shape index (κ3) is 3.06. The van der Waals surface area contributed by atoms with Crippen LogP contribution in [0.5, 0.6) is 0 Å². The zero-order chi connectivity index (χ0) is 15.5. The number of rotatable bonds is 5. The van der Waals surface area contributed by atoms with Crippen molar-refractivity contribution in [2.45, 2.75) is 58.0 Å². The van der Waals surface area contributed by atoms with Gasteiger partial charge in [-0.05, 0) is 42.9 Å². The van der Waals surface area contributed by atoms with Gasteiger partial charge in [-0.3, -0.25) is 0 Å². The van der Waals surface area contributed by atoms with Crippen molar-refractivity contribution in [2.75, 3.05) is 6.54 Å². The standard InChI is InChI=1S/C18H28BrNO/c1-3-14-7-6-10-17(12-14,13-20)18(21,4-2)15-8-5-9-16(19)11-15/h5,8-9,11,14,21H,3-4,6-7,10,12-13,20H2,1-2H3. The van der Waals surface area contributed by atoms with Gasteiger partial charge >= 0.3 is 0 Å². The molecule has 2 nitrogen and oxygen atoms in total. The van der Waals surface area contributed by atoms with Gasteiger partial charge in [0.25, 0.3) is 0 Å². The first-order valence-corrected chi connectivity index (χ1v) is 8.99. The molecule has 0 saturated heterocycles. The van der Waals surface area contributed by atoms with Crippen LogP contribution >= 0.6 is 15.9 Å². The molecular formula is C18H28BrNO. The second-order valence-electron chi connectivity index (χ2n) is 6.58. The summed E-state index contributed by atoms with van der Waals surface area (Å²) in [5, 5.41) is 11.6. The SMILES string of the molecule is CCC1CCCC(CN)(C(O)(CC)c2cccc(Br)c2)C1. The van der Waals surface area contributed by atoms with Gasteiger partial charge in [0, 0.05) is 16.4 Å². The van der Waals surface area contributed by atoms with E-state index in [1.807, 2.05) is 18.2 Å². The maximum Gasteiger partial charge on any atom is 0.0962 e. The van der Waals surface area contributed by atoms with E-state index in [9.17, 15) is 5.11 Å². The lowest BCUT2D eigenvalue weighted by Gasteiger charge is -2.51. The monoisotopic (exact) mass is 353 g/mol. The average Bonchev–Trinajstić information content (AvgIpc) is 2.53.